The number of benzene rings is 2. The number of nitrogens with zero attached hydrogens (tertiary/aromatic N) is 2. The van der Waals surface area contributed by atoms with Crippen LogP contribution in [0.1, 0.15) is 64.6 Å². The summed E-state index contributed by atoms with van der Waals surface area (Å²) < 4.78 is 0. The molecule has 0 spiro atoms. The number of nitrogens with one attached hydrogen (secondary N) is 1. The Morgan fingerprint density at radius 1 is 1.09 bits per heavy atom. The molecule has 2 N–H and O–H groups in total. The highest BCUT2D eigenvalue weighted by Gasteiger charge is 2.25. The minimum atomic E-state index is -0.942. The van der Waals surface area contributed by atoms with Gasteiger partial charge in [0.05, 0.1) is 11.1 Å². The smallest absolute Gasteiger partial charge is 0.337 e. The molecular formula is C28H27N3O2. The van der Waals surface area contributed by atoms with Crippen LogP contribution in [0, 0.1) is 13.8 Å². The zero-order valence-electron chi connectivity index (χ0n) is 19.1. The number of rotatable bonds is 6. The van der Waals surface area contributed by atoms with Crippen molar-refractivity contribution >= 4 is 22.6 Å². The Hall–Kier alpha value is -3.73. The van der Waals surface area contributed by atoms with Crippen LogP contribution in [0.2, 0.25) is 0 Å². The van der Waals surface area contributed by atoms with Crippen LogP contribution in [0.25, 0.3) is 22.0 Å². The summed E-state index contributed by atoms with van der Waals surface area (Å²) in [5.41, 5.74) is 8.43. The van der Waals surface area contributed by atoms with Gasteiger partial charge >= 0.3 is 5.97 Å². The highest BCUT2D eigenvalue weighted by atomic mass is 16.4. The molecule has 5 nitrogen and oxygen atoms in total. The Kier molecular flexibility index (Phi) is 5.33. The van der Waals surface area contributed by atoms with Crippen molar-refractivity contribution in [2.45, 2.75) is 45.6 Å². The van der Waals surface area contributed by atoms with Crippen LogP contribution in [-0.2, 0) is 0 Å². The molecule has 1 aliphatic carbocycles. The highest BCUT2D eigenvalue weighted by molar-refractivity contribution is 5.94. The quantitative estimate of drug-likeness (QED) is 0.353. The lowest BCUT2D eigenvalue weighted by Crippen LogP contribution is -2.11. The van der Waals surface area contributed by atoms with Crippen LogP contribution in [-0.4, -0.2) is 21.0 Å². The van der Waals surface area contributed by atoms with E-state index in [4.69, 9.17) is 4.98 Å². The number of pyridine rings is 2. The lowest BCUT2D eigenvalue weighted by atomic mass is 9.95. The van der Waals surface area contributed by atoms with Gasteiger partial charge in [-0.3, -0.25) is 9.97 Å². The molecule has 1 aliphatic rings. The second-order valence-corrected chi connectivity index (χ2v) is 9.00. The van der Waals surface area contributed by atoms with Crippen LogP contribution in [0.5, 0.6) is 0 Å². The Balaban J connectivity index is 1.60. The zero-order valence-corrected chi connectivity index (χ0v) is 19.1. The number of carboxylic acids is 1. The lowest BCUT2D eigenvalue weighted by Gasteiger charge is -2.20. The first-order valence-corrected chi connectivity index (χ1v) is 11.4. The monoisotopic (exact) mass is 437 g/mol. The minimum Gasteiger partial charge on any atom is -0.478 e. The molecule has 0 saturated heterocycles. The average Bonchev–Trinajstić information content (AvgIpc) is 3.64. The molecule has 1 saturated carbocycles. The molecule has 166 valence electrons. The van der Waals surface area contributed by atoms with Gasteiger partial charge in [0.15, 0.2) is 0 Å². The van der Waals surface area contributed by atoms with Crippen molar-refractivity contribution < 1.29 is 9.90 Å². The predicted molar refractivity (Wildman–Crippen MR) is 132 cm³/mol. The molecule has 0 radical (unpaired) electrons. The van der Waals surface area contributed by atoms with E-state index in [2.05, 4.69) is 61.4 Å². The number of carboxylic acid groups (broad SMARTS) is 1. The topological polar surface area (TPSA) is 75.1 Å². The van der Waals surface area contributed by atoms with Crippen LogP contribution >= 0.6 is 0 Å². The van der Waals surface area contributed by atoms with E-state index in [9.17, 15) is 9.90 Å². The predicted octanol–water partition coefficient (Wildman–Crippen LogP) is 6.66. The third-order valence-electron chi connectivity index (χ3n) is 6.38. The van der Waals surface area contributed by atoms with Gasteiger partial charge in [-0.25, -0.2) is 4.79 Å². The normalized spacial score (nSPS) is 14.3. The lowest BCUT2D eigenvalue weighted by molar-refractivity contribution is 0.0698. The molecule has 2 aromatic carbocycles. The Morgan fingerprint density at radius 3 is 2.64 bits per heavy atom. The largest absolute Gasteiger partial charge is 0.478 e. The zero-order chi connectivity index (χ0) is 23.1. The van der Waals surface area contributed by atoms with Crippen LogP contribution in [0.4, 0.5) is 5.69 Å². The van der Waals surface area contributed by atoms with Crippen molar-refractivity contribution in [3.63, 3.8) is 0 Å². The second-order valence-electron chi connectivity index (χ2n) is 9.00. The van der Waals surface area contributed by atoms with E-state index in [0.717, 1.165) is 44.5 Å². The minimum absolute atomic E-state index is 0.107. The van der Waals surface area contributed by atoms with E-state index >= 15 is 0 Å². The Morgan fingerprint density at radius 2 is 1.88 bits per heavy atom. The van der Waals surface area contributed by atoms with Crippen molar-refractivity contribution in [2.24, 2.45) is 0 Å². The Bertz CT molecular complexity index is 1380. The van der Waals surface area contributed by atoms with Crippen molar-refractivity contribution in [1.29, 1.82) is 0 Å². The summed E-state index contributed by atoms with van der Waals surface area (Å²) in [6.07, 6.45) is 4.33. The molecule has 5 rings (SSSR count). The number of fused-ring (bicyclic) bond motifs is 1. The first-order chi connectivity index (χ1) is 15.9. The number of aromatic carboxylic acids is 1. The molecule has 5 heteroatoms. The maximum atomic E-state index is 11.7. The van der Waals surface area contributed by atoms with Crippen LogP contribution < -0.4 is 5.32 Å². The van der Waals surface area contributed by atoms with E-state index in [1.54, 1.807) is 12.1 Å². The molecule has 33 heavy (non-hydrogen) atoms. The fraction of sp³-hybridized carbons (Fsp3) is 0.250. The van der Waals surface area contributed by atoms with Crippen molar-refractivity contribution in [2.75, 3.05) is 5.32 Å². The second kappa shape index (κ2) is 8.32. The molecule has 1 atom stereocenters. The number of hydrogen-bond acceptors (Lipinski definition) is 4. The maximum Gasteiger partial charge on any atom is 0.337 e. The fourth-order valence-corrected chi connectivity index (χ4v) is 4.52. The summed E-state index contributed by atoms with van der Waals surface area (Å²) in [5.74, 6) is -0.349. The van der Waals surface area contributed by atoms with Gasteiger partial charge in [0.25, 0.3) is 0 Å². The van der Waals surface area contributed by atoms with E-state index < -0.39 is 5.97 Å². The number of carbonyl (C=O) groups is 1. The fourth-order valence-electron chi connectivity index (χ4n) is 4.52. The SMILES string of the molecule is Cc1cc(C(C)Nc2ccccc2C(=O)O)c2cc(-c3ccnc(C4CC4)c3)c(C)nc2c1. The molecule has 4 aromatic rings. The van der Waals surface area contributed by atoms with Gasteiger partial charge in [-0.15, -0.1) is 0 Å². The van der Waals surface area contributed by atoms with Crippen molar-refractivity contribution in [3.05, 3.63) is 88.9 Å². The van der Waals surface area contributed by atoms with Crippen molar-refractivity contribution in [1.82, 2.24) is 9.97 Å². The van der Waals surface area contributed by atoms with Crippen molar-refractivity contribution in [3.8, 4) is 11.1 Å². The molecule has 1 unspecified atom stereocenters. The summed E-state index contributed by atoms with van der Waals surface area (Å²) in [6.45, 7) is 6.18. The molecule has 0 bridgehead atoms. The number of anilines is 1. The summed E-state index contributed by atoms with van der Waals surface area (Å²) in [5, 5.41) is 14.1. The van der Waals surface area contributed by atoms with Gasteiger partial charge in [-0.2, -0.15) is 0 Å². The number of para-hydroxylation sites is 1. The number of aryl methyl sites for hydroxylation is 2. The van der Waals surface area contributed by atoms with E-state index in [1.807, 2.05) is 18.3 Å². The summed E-state index contributed by atoms with van der Waals surface area (Å²) in [4.78, 5) is 21.2. The molecule has 2 heterocycles. The summed E-state index contributed by atoms with van der Waals surface area (Å²) in [7, 11) is 0. The average molecular weight is 438 g/mol. The van der Waals surface area contributed by atoms with Gasteiger partial charge in [0, 0.05) is 46.2 Å². The van der Waals surface area contributed by atoms with E-state index in [0.29, 0.717) is 11.6 Å². The number of hydrogen-bond donors (Lipinski definition) is 2. The van der Waals surface area contributed by atoms with Gasteiger partial charge in [0.2, 0.25) is 0 Å². The number of aromatic nitrogens is 2. The summed E-state index contributed by atoms with van der Waals surface area (Å²) >= 11 is 0. The molecule has 2 aromatic heterocycles. The molecule has 1 fully saturated rings. The van der Waals surface area contributed by atoms with Crippen LogP contribution in [0.3, 0.4) is 0 Å². The third-order valence-corrected chi connectivity index (χ3v) is 6.38. The van der Waals surface area contributed by atoms with Gasteiger partial charge in [0.1, 0.15) is 0 Å². The highest BCUT2D eigenvalue weighted by Crippen LogP contribution is 2.40. The summed E-state index contributed by atoms with van der Waals surface area (Å²) in [6, 6.07) is 17.7. The van der Waals surface area contributed by atoms with E-state index in [1.165, 1.54) is 12.8 Å². The van der Waals surface area contributed by atoms with Crippen LogP contribution in [0.15, 0.2) is 60.8 Å². The molecule has 0 amide bonds. The Labute approximate surface area is 193 Å². The third kappa shape index (κ3) is 4.19. The molecular weight excluding hydrogens is 410 g/mol. The maximum absolute atomic E-state index is 11.7. The first kappa shape index (κ1) is 21.1. The van der Waals surface area contributed by atoms with Gasteiger partial charge < -0.3 is 10.4 Å². The molecule has 0 aliphatic heterocycles. The van der Waals surface area contributed by atoms with Gasteiger partial charge in [-0.05, 0) is 86.7 Å². The van der Waals surface area contributed by atoms with E-state index in [-0.39, 0.29) is 11.6 Å². The first-order valence-electron chi connectivity index (χ1n) is 11.4. The standard InChI is InChI=1S/C28H27N3O2/c1-16-12-23(18(3)30-25-7-5-4-6-21(25)28(32)33)24-15-22(17(2)31-27(24)13-16)20-10-11-29-26(14-20)19-8-9-19/h4-7,10-15,18-19,30H,8-9H2,1-3H3,(H,32,33). The van der Waals surface area contributed by atoms with Gasteiger partial charge in [-0.1, -0.05) is 18.2 Å².